The maximum absolute atomic E-state index is 12.1. The summed E-state index contributed by atoms with van der Waals surface area (Å²) in [4.78, 5) is 24.5. The van der Waals surface area contributed by atoms with Gasteiger partial charge in [0.25, 0.3) is 5.91 Å². The Morgan fingerprint density at radius 1 is 1.30 bits per heavy atom. The highest BCUT2D eigenvalue weighted by Crippen LogP contribution is 2.23. The normalized spacial score (nSPS) is 10.6. The van der Waals surface area contributed by atoms with Gasteiger partial charge < -0.3 is 10.1 Å². The molecule has 3 aromatic rings. The smallest absolute Gasteiger partial charge is 0.352 e. The van der Waals surface area contributed by atoms with Crippen LogP contribution in [0.1, 0.15) is 22.3 Å². The molecule has 0 spiro atoms. The first-order valence-corrected chi connectivity index (χ1v) is 9.21. The molecule has 0 atom stereocenters. The molecule has 0 saturated carbocycles. The molecule has 0 fully saturated rings. The number of hydrogen-bond acceptors (Lipinski definition) is 7. The molecule has 0 aliphatic carbocycles. The number of anilines is 1. The number of amides is 1. The van der Waals surface area contributed by atoms with E-state index >= 15 is 0 Å². The monoisotopic (exact) mass is 405 g/mol. The molecule has 2 heterocycles. The number of rotatable bonds is 6. The van der Waals surface area contributed by atoms with Gasteiger partial charge in [-0.1, -0.05) is 35.1 Å². The summed E-state index contributed by atoms with van der Waals surface area (Å²) in [5.74, 6) is -0.594. The third-order valence-electron chi connectivity index (χ3n) is 3.70. The highest BCUT2D eigenvalue weighted by molar-refractivity contribution is 7.07. The lowest BCUT2D eigenvalue weighted by Gasteiger charge is -2.06. The van der Waals surface area contributed by atoms with Gasteiger partial charge >= 0.3 is 5.97 Å². The highest BCUT2D eigenvalue weighted by atomic mass is 35.5. The Kier molecular flexibility index (Phi) is 5.82. The second-order valence-electron chi connectivity index (χ2n) is 5.57. The summed E-state index contributed by atoms with van der Waals surface area (Å²) in [7, 11) is 1.71. The van der Waals surface area contributed by atoms with Gasteiger partial charge in [-0.2, -0.15) is 5.10 Å². The lowest BCUT2D eigenvalue weighted by molar-refractivity contribution is -0.119. The van der Waals surface area contributed by atoms with E-state index in [4.69, 9.17) is 16.3 Å². The van der Waals surface area contributed by atoms with Crippen LogP contribution in [0.2, 0.25) is 5.02 Å². The van der Waals surface area contributed by atoms with Crippen molar-refractivity contribution < 1.29 is 14.3 Å². The molecular formula is C17H16ClN5O3S. The van der Waals surface area contributed by atoms with Crippen molar-refractivity contribution in [3.63, 3.8) is 0 Å². The number of esters is 1. The van der Waals surface area contributed by atoms with Crippen LogP contribution in [0, 0.1) is 0 Å². The Balaban J connectivity index is 1.61. The van der Waals surface area contributed by atoms with Crippen molar-refractivity contribution in [2.24, 2.45) is 7.05 Å². The van der Waals surface area contributed by atoms with Gasteiger partial charge in [0.15, 0.2) is 11.5 Å². The predicted molar refractivity (Wildman–Crippen MR) is 102 cm³/mol. The van der Waals surface area contributed by atoms with Crippen molar-refractivity contribution in [1.29, 1.82) is 0 Å². The predicted octanol–water partition coefficient (Wildman–Crippen LogP) is 2.95. The van der Waals surface area contributed by atoms with Crippen molar-refractivity contribution in [3.8, 4) is 11.3 Å². The maximum Gasteiger partial charge on any atom is 0.352 e. The van der Waals surface area contributed by atoms with Crippen LogP contribution in [0.25, 0.3) is 11.3 Å². The summed E-state index contributed by atoms with van der Waals surface area (Å²) >= 11 is 6.84. The van der Waals surface area contributed by atoms with Gasteiger partial charge in [0.1, 0.15) is 5.82 Å². The van der Waals surface area contributed by atoms with Crippen molar-refractivity contribution in [1.82, 2.24) is 19.4 Å². The maximum atomic E-state index is 12.1. The van der Waals surface area contributed by atoms with Gasteiger partial charge in [-0.3, -0.25) is 9.48 Å². The van der Waals surface area contributed by atoms with E-state index in [1.807, 2.05) is 19.1 Å². The number of carbonyl (C=O) groups excluding carboxylic acids is 2. The Morgan fingerprint density at radius 3 is 2.74 bits per heavy atom. The molecule has 3 rings (SSSR count). The lowest BCUT2D eigenvalue weighted by atomic mass is 10.1. The molecule has 0 saturated heterocycles. The van der Waals surface area contributed by atoms with Gasteiger partial charge in [0.05, 0.1) is 11.4 Å². The molecule has 0 unspecified atom stereocenters. The summed E-state index contributed by atoms with van der Waals surface area (Å²) in [5.41, 5.74) is 2.11. The van der Waals surface area contributed by atoms with Crippen LogP contribution < -0.4 is 5.32 Å². The molecule has 0 bridgehead atoms. The Hall–Kier alpha value is -2.78. The van der Waals surface area contributed by atoms with Crippen molar-refractivity contribution in [3.05, 3.63) is 45.9 Å². The molecule has 0 aliphatic rings. The largest absolute Gasteiger partial charge is 0.451 e. The number of aryl methyl sites for hydroxylation is 2. The van der Waals surface area contributed by atoms with Crippen LogP contribution in [0.15, 0.2) is 30.3 Å². The molecule has 0 radical (unpaired) electrons. The van der Waals surface area contributed by atoms with E-state index in [0.29, 0.717) is 33.5 Å². The van der Waals surface area contributed by atoms with E-state index in [0.717, 1.165) is 17.1 Å². The van der Waals surface area contributed by atoms with Gasteiger partial charge in [-0.05, 0) is 30.1 Å². The molecular weight excluding hydrogens is 390 g/mol. The summed E-state index contributed by atoms with van der Waals surface area (Å²) in [5, 5.41) is 11.5. The molecule has 27 heavy (non-hydrogen) atoms. The molecule has 8 nitrogen and oxygen atoms in total. The second-order valence-corrected chi connectivity index (χ2v) is 6.76. The van der Waals surface area contributed by atoms with Crippen LogP contribution >= 0.6 is 23.1 Å². The van der Waals surface area contributed by atoms with E-state index in [2.05, 4.69) is 20.0 Å². The number of nitrogens with zero attached hydrogens (tertiary/aromatic N) is 4. The van der Waals surface area contributed by atoms with Crippen molar-refractivity contribution in [2.75, 3.05) is 11.9 Å². The van der Waals surface area contributed by atoms with Gasteiger partial charge in [-0.15, -0.1) is 5.10 Å². The lowest BCUT2D eigenvalue weighted by Crippen LogP contribution is -2.22. The molecule has 1 aromatic carbocycles. The van der Waals surface area contributed by atoms with E-state index < -0.39 is 18.5 Å². The molecule has 2 aromatic heterocycles. The van der Waals surface area contributed by atoms with E-state index in [1.54, 1.807) is 25.2 Å². The minimum Gasteiger partial charge on any atom is -0.451 e. The molecule has 1 amide bonds. The molecule has 1 N–H and O–H groups in total. The number of hydrogen-bond donors (Lipinski definition) is 1. The molecule has 0 aliphatic heterocycles. The fourth-order valence-electron chi connectivity index (χ4n) is 2.32. The summed E-state index contributed by atoms with van der Waals surface area (Å²) in [6, 6.07) is 8.94. The number of nitrogens with one attached hydrogen (secondary N) is 1. The fraction of sp³-hybridized carbons (Fsp3) is 0.235. The van der Waals surface area contributed by atoms with Gasteiger partial charge in [-0.25, -0.2) is 4.79 Å². The first kappa shape index (κ1) is 19.0. The van der Waals surface area contributed by atoms with Crippen molar-refractivity contribution >= 4 is 40.8 Å². The topological polar surface area (TPSA) is 99.0 Å². The zero-order valence-electron chi connectivity index (χ0n) is 14.6. The molecule has 10 heteroatoms. The number of aromatic nitrogens is 4. The number of carbonyl (C=O) groups is 2. The fourth-order valence-corrected chi connectivity index (χ4v) is 3.09. The van der Waals surface area contributed by atoms with Crippen LogP contribution in [-0.4, -0.2) is 37.9 Å². The third-order valence-corrected chi connectivity index (χ3v) is 4.70. The average molecular weight is 406 g/mol. The van der Waals surface area contributed by atoms with Gasteiger partial charge in [0, 0.05) is 23.7 Å². The Morgan fingerprint density at radius 2 is 2.04 bits per heavy atom. The Bertz CT molecular complexity index is 967. The minimum absolute atomic E-state index is 0.316. The number of benzene rings is 1. The average Bonchev–Trinajstić information content (AvgIpc) is 3.27. The quantitative estimate of drug-likeness (QED) is 0.633. The van der Waals surface area contributed by atoms with E-state index in [9.17, 15) is 9.59 Å². The van der Waals surface area contributed by atoms with Crippen LogP contribution in [0.5, 0.6) is 0 Å². The second kappa shape index (κ2) is 8.28. The van der Waals surface area contributed by atoms with Crippen LogP contribution in [-0.2, 0) is 23.0 Å². The summed E-state index contributed by atoms with van der Waals surface area (Å²) in [6.45, 7) is 1.45. The standard InChI is InChI=1S/C17H16ClN5O3S/c1-3-12-16(27-22-20-12)17(25)26-9-15(24)19-14-8-13(21-23(14)2)10-4-6-11(18)7-5-10/h4-8H,3,9H2,1-2H3,(H,19,24). The third kappa shape index (κ3) is 4.50. The first-order valence-electron chi connectivity index (χ1n) is 8.06. The molecule has 140 valence electrons. The Labute approximate surface area is 164 Å². The number of ether oxygens (including phenoxy) is 1. The highest BCUT2D eigenvalue weighted by Gasteiger charge is 2.18. The number of halogens is 1. The SMILES string of the molecule is CCc1nnsc1C(=O)OCC(=O)Nc1cc(-c2ccc(Cl)cc2)nn1C. The zero-order valence-corrected chi connectivity index (χ0v) is 16.2. The zero-order chi connectivity index (χ0) is 19.4. The van der Waals surface area contributed by atoms with Crippen LogP contribution in [0.3, 0.4) is 0 Å². The first-order chi connectivity index (χ1) is 13.0. The minimum atomic E-state index is -0.608. The summed E-state index contributed by atoms with van der Waals surface area (Å²) < 4.78 is 10.3. The van der Waals surface area contributed by atoms with Gasteiger partial charge in [0.2, 0.25) is 0 Å². The van der Waals surface area contributed by atoms with Crippen LogP contribution in [0.4, 0.5) is 5.82 Å². The van der Waals surface area contributed by atoms with Crippen molar-refractivity contribution in [2.45, 2.75) is 13.3 Å². The van der Waals surface area contributed by atoms with E-state index in [1.165, 1.54) is 4.68 Å². The summed E-state index contributed by atoms with van der Waals surface area (Å²) in [6.07, 6.45) is 0.565. The van der Waals surface area contributed by atoms with E-state index in [-0.39, 0.29) is 0 Å².